The summed E-state index contributed by atoms with van der Waals surface area (Å²) in [6.07, 6.45) is -6.94. The van der Waals surface area contributed by atoms with E-state index in [1.165, 1.54) is 6.92 Å². The van der Waals surface area contributed by atoms with Crippen LogP contribution in [0.4, 0.5) is 0 Å². The molecule has 8 heteroatoms. The number of nitrogens with one attached hydrogen (secondary N) is 1. The molecule has 0 aromatic heterocycles. The Bertz CT molecular complexity index is 283. The van der Waals surface area contributed by atoms with Crippen molar-refractivity contribution in [3.63, 3.8) is 0 Å². The summed E-state index contributed by atoms with van der Waals surface area (Å²) in [6, 6.07) is 0. The Morgan fingerprint density at radius 1 is 1.06 bits per heavy atom. The van der Waals surface area contributed by atoms with Gasteiger partial charge in [-0.25, -0.2) is 0 Å². The standard InChI is InChI=1S/C10H19NO7/c1-5(13)2-8(16)11-3-6(14)9(17)10(18)7(15)4-12/h6-7,9-10,12,14-15,17-18H,2-4H2,1H3,(H,11,16). The number of amides is 1. The van der Waals surface area contributed by atoms with Crippen LogP contribution < -0.4 is 5.32 Å². The van der Waals surface area contributed by atoms with Gasteiger partial charge < -0.3 is 30.8 Å². The zero-order valence-corrected chi connectivity index (χ0v) is 9.98. The normalized spacial score (nSPS) is 17.7. The molecular weight excluding hydrogens is 246 g/mol. The predicted octanol–water partition coefficient (Wildman–Crippen LogP) is -3.48. The topological polar surface area (TPSA) is 147 Å². The first-order valence-corrected chi connectivity index (χ1v) is 5.38. The Kier molecular flexibility index (Phi) is 7.64. The lowest BCUT2D eigenvalue weighted by Gasteiger charge is -2.25. The van der Waals surface area contributed by atoms with E-state index in [9.17, 15) is 24.9 Å². The van der Waals surface area contributed by atoms with Gasteiger partial charge in [-0.1, -0.05) is 0 Å². The summed E-state index contributed by atoms with van der Waals surface area (Å²) in [5.41, 5.74) is 0. The Hall–Kier alpha value is -1.06. The Morgan fingerprint density at radius 2 is 1.56 bits per heavy atom. The van der Waals surface area contributed by atoms with Gasteiger partial charge in [0.15, 0.2) is 0 Å². The second-order valence-electron chi connectivity index (χ2n) is 3.98. The third-order valence-corrected chi connectivity index (χ3v) is 2.24. The number of hydrogen-bond donors (Lipinski definition) is 6. The van der Waals surface area contributed by atoms with Crippen molar-refractivity contribution in [3.05, 3.63) is 0 Å². The summed E-state index contributed by atoms with van der Waals surface area (Å²) in [5, 5.41) is 47.9. The summed E-state index contributed by atoms with van der Waals surface area (Å²) in [7, 11) is 0. The summed E-state index contributed by atoms with van der Waals surface area (Å²) in [5.74, 6) is -0.968. The molecule has 0 fully saturated rings. The number of carbonyl (C=O) groups excluding carboxylic acids is 2. The first-order valence-electron chi connectivity index (χ1n) is 5.38. The summed E-state index contributed by atoms with van der Waals surface area (Å²) >= 11 is 0. The Balaban J connectivity index is 4.12. The van der Waals surface area contributed by atoms with Crippen molar-refractivity contribution in [1.82, 2.24) is 5.32 Å². The van der Waals surface area contributed by atoms with E-state index in [-0.39, 0.29) is 18.7 Å². The molecule has 0 saturated heterocycles. The van der Waals surface area contributed by atoms with E-state index >= 15 is 0 Å². The van der Waals surface area contributed by atoms with Crippen LogP contribution in [0.25, 0.3) is 0 Å². The van der Waals surface area contributed by atoms with Crippen LogP contribution in [-0.2, 0) is 9.59 Å². The second kappa shape index (κ2) is 8.11. The highest BCUT2D eigenvalue weighted by molar-refractivity contribution is 5.96. The van der Waals surface area contributed by atoms with Gasteiger partial charge in [0.25, 0.3) is 0 Å². The molecule has 0 aliphatic rings. The van der Waals surface area contributed by atoms with Gasteiger partial charge in [-0.05, 0) is 6.92 Å². The fraction of sp³-hybridized carbons (Fsp3) is 0.800. The highest BCUT2D eigenvalue weighted by atomic mass is 16.4. The molecule has 0 aliphatic heterocycles. The summed E-state index contributed by atoms with van der Waals surface area (Å²) < 4.78 is 0. The molecule has 0 aliphatic carbocycles. The molecule has 0 saturated carbocycles. The van der Waals surface area contributed by atoms with Crippen LogP contribution in [0.1, 0.15) is 13.3 Å². The van der Waals surface area contributed by atoms with Crippen LogP contribution in [0.15, 0.2) is 0 Å². The maximum Gasteiger partial charge on any atom is 0.227 e. The smallest absolute Gasteiger partial charge is 0.227 e. The lowest BCUT2D eigenvalue weighted by Crippen LogP contribution is -2.49. The van der Waals surface area contributed by atoms with Crippen LogP contribution in [0.2, 0.25) is 0 Å². The largest absolute Gasteiger partial charge is 0.394 e. The molecule has 0 rings (SSSR count). The van der Waals surface area contributed by atoms with Crippen molar-refractivity contribution in [2.24, 2.45) is 0 Å². The van der Waals surface area contributed by atoms with Gasteiger partial charge in [-0.3, -0.25) is 9.59 Å². The highest BCUT2D eigenvalue weighted by Gasteiger charge is 2.30. The predicted molar refractivity (Wildman–Crippen MR) is 59.4 cm³/mol. The molecule has 0 aromatic rings. The Labute approximate surface area is 104 Å². The van der Waals surface area contributed by atoms with Crippen molar-refractivity contribution < 1.29 is 35.1 Å². The monoisotopic (exact) mass is 265 g/mol. The molecule has 18 heavy (non-hydrogen) atoms. The van der Waals surface area contributed by atoms with E-state index in [2.05, 4.69) is 5.32 Å². The fourth-order valence-corrected chi connectivity index (χ4v) is 1.19. The van der Waals surface area contributed by atoms with Crippen molar-refractivity contribution in [3.8, 4) is 0 Å². The number of aliphatic hydroxyl groups excluding tert-OH is 5. The number of carbonyl (C=O) groups is 2. The lowest BCUT2D eigenvalue weighted by molar-refractivity contribution is -0.129. The molecule has 0 aromatic carbocycles. The third kappa shape index (κ3) is 6.03. The van der Waals surface area contributed by atoms with Crippen molar-refractivity contribution >= 4 is 11.7 Å². The van der Waals surface area contributed by atoms with Crippen molar-refractivity contribution in [1.29, 1.82) is 0 Å². The zero-order chi connectivity index (χ0) is 14.3. The van der Waals surface area contributed by atoms with Gasteiger partial charge in [0, 0.05) is 6.54 Å². The van der Waals surface area contributed by atoms with E-state index in [0.717, 1.165) is 0 Å². The molecule has 0 bridgehead atoms. The van der Waals surface area contributed by atoms with Crippen LogP contribution in [0.3, 0.4) is 0 Å². The molecule has 4 atom stereocenters. The first kappa shape index (κ1) is 16.9. The van der Waals surface area contributed by atoms with Gasteiger partial charge in [0.1, 0.15) is 24.1 Å². The van der Waals surface area contributed by atoms with Crippen molar-refractivity contribution in [2.75, 3.05) is 13.2 Å². The first-order chi connectivity index (χ1) is 8.29. The minimum atomic E-state index is -1.74. The lowest BCUT2D eigenvalue weighted by atomic mass is 10.0. The SMILES string of the molecule is CC(=O)CC(=O)NCC(O)C(O)C(O)C(O)CO. The number of rotatable bonds is 8. The van der Waals surface area contributed by atoms with Crippen LogP contribution in [0.5, 0.6) is 0 Å². The quantitative estimate of drug-likeness (QED) is 0.250. The molecule has 1 amide bonds. The number of hydrogen-bond acceptors (Lipinski definition) is 7. The maximum absolute atomic E-state index is 11.1. The maximum atomic E-state index is 11.1. The number of Topliss-reactive ketones (excluding diaryl/α,β-unsaturated/α-hetero) is 1. The van der Waals surface area contributed by atoms with E-state index in [1.54, 1.807) is 0 Å². The molecule has 106 valence electrons. The minimum absolute atomic E-state index is 0.343. The van der Waals surface area contributed by atoms with E-state index < -0.39 is 36.9 Å². The van der Waals surface area contributed by atoms with Crippen LogP contribution >= 0.6 is 0 Å². The second-order valence-corrected chi connectivity index (χ2v) is 3.98. The molecule has 0 radical (unpaired) electrons. The highest BCUT2D eigenvalue weighted by Crippen LogP contribution is 2.04. The van der Waals surface area contributed by atoms with E-state index in [1.807, 2.05) is 0 Å². The number of ketones is 1. The van der Waals surface area contributed by atoms with Gasteiger partial charge >= 0.3 is 0 Å². The van der Waals surface area contributed by atoms with Gasteiger partial charge in [-0.2, -0.15) is 0 Å². The van der Waals surface area contributed by atoms with Crippen LogP contribution in [0, 0.1) is 0 Å². The zero-order valence-electron chi connectivity index (χ0n) is 9.98. The molecule has 0 heterocycles. The van der Waals surface area contributed by atoms with E-state index in [4.69, 9.17) is 10.2 Å². The van der Waals surface area contributed by atoms with Gasteiger partial charge in [0.05, 0.1) is 19.1 Å². The average molecular weight is 265 g/mol. The molecule has 0 spiro atoms. The molecular formula is C10H19NO7. The summed E-state index contributed by atoms with van der Waals surface area (Å²) in [4.78, 5) is 21.7. The fourth-order valence-electron chi connectivity index (χ4n) is 1.19. The minimum Gasteiger partial charge on any atom is -0.394 e. The third-order valence-electron chi connectivity index (χ3n) is 2.24. The number of aliphatic hydroxyl groups is 5. The molecule has 6 N–H and O–H groups in total. The van der Waals surface area contributed by atoms with Gasteiger partial charge in [-0.15, -0.1) is 0 Å². The average Bonchev–Trinajstić information content (AvgIpc) is 2.32. The Morgan fingerprint density at radius 3 is 2.00 bits per heavy atom. The van der Waals surface area contributed by atoms with E-state index in [0.29, 0.717) is 0 Å². The van der Waals surface area contributed by atoms with Gasteiger partial charge in [0.2, 0.25) is 5.91 Å². The van der Waals surface area contributed by atoms with Crippen molar-refractivity contribution in [2.45, 2.75) is 37.8 Å². The summed E-state index contributed by atoms with van der Waals surface area (Å²) in [6.45, 7) is 0.0658. The van der Waals surface area contributed by atoms with Crippen LogP contribution in [-0.4, -0.2) is 74.8 Å². The molecule has 4 unspecified atom stereocenters. The molecule has 8 nitrogen and oxygen atoms in total.